The summed E-state index contributed by atoms with van der Waals surface area (Å²) in [7, 11) is 0. The first-order chi connectivity index (χ1) is 4.86. The van der Waals surface area contributed by atoms with Crippen LogP contribution in [0.4, 0.5) is 0 Å². The van der Waals surface area contributed by atoms with Crippen LogP contribution in [0.25, 0.3) is 0 Å². The van der Waals surface area contributed by atoms with E-state index in [-0.39, 0.29) is 6.61 Å². The molecule has 1 nitrogen and oxygen atoms in total. The van der Waals surface area contributed by atoms with Crippen LogP contribution >= 0.6 is 15.9 Å². The van der Waals surface area contributed by atoms with Gasteiger partial charge in [0.15, 0.2) is 0 Å². The number of benzene rings is 1. The standard InChI is InChI=1S/C8H8BrO/c9-5-7-1-3-8(6-10)4-2-7/h1-3,10H,5-6H2. The van der Waals surface area contributed by atoms with Gasteiger partial charge in [0.25, 0.3) is 0 Å². The van der Waals surface area contributed by atoms with E-state index in [2.05, 4.69) is 22.0 Å². The number of aliphatic hydroxyl groups is 1. The Morgan fingerprint density at radius 3 is 2.70 bits per heavy atom. The Labute approximate surface area is 68.8 Å². The number of alkyl halides is 1. The number of aliphatic hydroxyl groups excluding tert-OH is 1. The van der Waals surface area contributed by atoms with Crippen molar-refractivity contribution in [2.45, 2.75) is 11.9 Å². The quantitative estimate of drug-likeness (QED) is 0.722. The van der Waals surface area contributed by atoms with E-state index >= 15 is 0 Å². The summed E-state index contributed by atoms with van der Waals surface area (Å²) in [5.41, 5.74) is 2.02. The van der Waals surface area contributed by atoms with Gasteiger partial charge in [0.05, 0.1) is 6.61 Å². The summed E-state index contributed by atoms with van der Waals surface area (Å²) in [4.78, 5) is 0. The number of hydrogen-bond donors (Lipinski definition) is 1. The zero-order valence-corrected chi connectivity index (χ0v) is 7.06. The molecular weight excluding hydrogens is 192 g/mol. The second kappa shape index (κ2) is 3.74. The topological polar surface area (TPSA) is 20.2 Å². The average molecular weight is 200 g/mol. The summed E-state index contributed by atoms with van der Waals surface area (Å²) < 4.78 is 0. The maximum absolute atomic E-state index is 8.66. The molecule has 0 spiro atoms. The van der Waals surface area contributed by atoms with Crippen LogP contribution in [0.5, 0.6) is 0 Å². The van der Waals surface area contributed by atoms with Crippen LogP contribution in [-0.4, -0.2) is 5.11 Å². The van der Waals surface area contributed by atoms with Crippen molar-refractivity contribution in [2.75, 3.05) is 0 Å². The molecule has 1 aromatic carbocycles. The van der Waals surface area contributed by atoms with Gasteiger partial charge in [0, 0.05) is 5.33 Å². The molecule has 0 heterocycles. The van der Waals surface area contributed by atoms with E-state index in [9.17, 15) is 0 Å². The van der Waals surface area contributed by atoms with Gasteiger partial charge in [-0.1, -0.05) is 28.1 Å². The van der Waals surface area contributed by atoms with Gasteiger partial charge >= 0.3 is 0 Å². The molecule has 0 amide bonds. The molecule has 0 aliphatic carbocycles. The first-order valence-corrected chi connectivity index (χ1v) is 4.15. The van der Waals surface area contributed by atoms with Crippen LogP contribution in [-0.2, 0) is 11.9 Å². The van der Waals surface area contributed by atoms with Gasteiger partial charge in [-0.25, -0.2) is 0 Å². The minimum Gasteiger partial charge on any atom is -0.392 e. The van der Waals surface area contributed by atoms with Crippen LogP contribution in [0.3, 0.4) is 0 Å². The van der Waals surface area contributed by atoms with Crippen molar-refractivity contribution in [1.82, 2.24) is 0 Å². The first-order valence-electron chi connectivity index (χ1n) is 3.03. The average Bonchev–Trinajstić information content (AvgIpc) is 2.05. The van der Waals surface area contributed by atoms with E-state index < -0.39 is 0 Å². The van der Waals surface area contributed by atoms with Crippen molar-refractivity contribution >= 4 is 15.9 Å². The Bertz CT molecular complexity index is 170. The molecule has 0 saturated heterocycles. The number of halogens is 1. The van der Waals surface area contributed by atoms with Crippen molar-refractivity contribution in [3.8, 4) is 0 Å². The van der Waals surface area contributed by atoms with Gasteiger partial charge in [-0.3, -0.25) is 0 Å². The highest BCUT2D eigenvalue weighted by Crippen LogP contribution is 2.06. The fourth-order valence-electron chi connectivity index (χ4n) is 0.671. The summed E-state index contributed by atoms with van der Waals surface area (Å²) in [6, 6.07) is 8.67. The minimum atomic E-state index is 0.0720. The number of hydrogen-bond acceptors (Lipinski definition) is 1. The summed E-state index contributed by atoms with van der Waals surface area (Å²) in [5, 5.41) is 9.50. The van der Waals surface area contributed by atoms with Crippen LogP contribution < -0.4 is 0 Å². The molecule has 0 atom stereocenters. The predicted octanol–water partition coefficient (Wildman–Crippen LogP) is 1.87. The Morgan fingerprint density at radius 2 is 2.30 bits per heavy atom. The molecule has 0 saturated carbocycles. The SMILES string of the molecule is OCc1[c]cc(CBr)cc1. The maximum Gasteiger partial charge on any atom is 0.0687 e. The monoisotopic (exact) mass is 199 g/mol. The molecule has 0 fully saturated rings. The third-order valence-electron chi connectivity index (χ3n) is 1.27. The highest BCUT2D eigenvalue weighted by atomic mass is 79.9. The van der Waals surface area contributed by atoms with Gasteiger partial charge in [0.2, 0.25) is 0 Å². The van der Waals surface area contributed by atoms with Crippen LogP contribution in [0, 0.1) is 6.07 Å². The van der Waals surface area contributed by atoms with Crippen LogP contribution in [0.1, 0.15) is 11.1 Å². The fraction of sp³-hybridized carbons (Fsp3) is 0.250. The Hall–Kier alpha value is -0.340. The Kier molecular flexibility index (Phi) is 2.90. The van der Waals surface area contributed by atoms with Gasteiger partial charge in [-0.2, -0.15) is 0 Å². The summed E-state index contributed by atoms with van der Waals surface area (Å²) >= 11 is 3.32. The molecule has 0 aromatic heterocycles. The van der Waals surface area contributed by atoms with Gasteiger partial charge in [0.1, 0.15) is 0 Å². The lowest BCUT2D eigenvalue weighted by Crippen LogP contribution is -1.83. The lowest BCUT2D eigenvalue weighted by molar-refractivity contribution is 0.281. The molecule has 0 aliphatic heterocycles. The molecule has 1 radical (unpaired) electrons. The van der Waals surface area contributed by atoms with Gasteiger partial charge < -0.3 is 5.11 Å². The smallest absolute Gasteiger partial charge is 0.0687 e. The lowest BCUT2D eigenvalue weighted by atomic mass is 10.2. The molecular formula is C8H8BrO. The zero-order valence-electron chi connectivity index (χ0n) is 5.47. The number of rotatable bonds is 2. The lowest BCUT2D eigenvalue weighted by Gasteiger charge is -1.95. The van der Waals surface area contributed by atoms with Gasteiger partial charge in [-0.15, -0.1) is 0 Å². The molecule has 10 heavy (non-hydrogen) atoms. The molecule has 53 valence electrons. The van der Waals surface area contributed by atoms with Crippen molar-refractivity contribution < 1.29 is 5.11 Å². The predicted molar refractivity (Wildman–Crippen MR) is 43.8 cm³/mol. The summed E-state index contributed by atoms with van der Waals surface area (Å²) in [6.07, 6.45) is 0. The van der Waals surface area contributed by atoms with Crippen molar-refractivity contribution in [3.63, 3.8) is 0 Å². The summed E-state index contributed by atoms with van der Waals surface area (Å²) in [5.74, 6) is 0. The zero-order chi connectivity index (χ0) is 7.40. The maximum atomic E-state index is 8.66. The van der Waals surface area contributed by atoms with E-state index in [1.165, 1.54) is 5.56 Å². The van der Waals surface area contributed by atoms with Crippen LogP contribution in [0.15, 0.2) is 18.2 Å². The largest absolute Gasteiger partial charge is 0.392 e. The molecule has 2 heteroatoms. The van der Waals surface area contributed by atoms with Crippen LogP contribution in [0.2, 0.25) is 0 Å². The normalized spacial score (nSPS) is 9.80. The highest BCUT2D eigenvalue weighted by molar-refractivity contribution is 9.08. The third kappa shape index (κ3) is 1.82. The summed E-state index contributed by atoms with van der Waals surface area (Å²) in [6.45, 7) is 0.0720. The fourth-order valence-corrected chi connectivity index (χ4v) is 1.02. The van der Waals surface area contributed by atoms with E-state index in [0.29, 0.717) is 0 Å². The molecule has 1 rings (SSSR count). The molecule has 1 N–H and O–H groups in total. The van der Waals surface area contributed by atoms with Crippen molar-refractivity contribution in [2.24, 2.45) is 0 Å². The second-order valence-corrected chi connectivity index (χ2v) is 2.57. The second-order valence-electron chi connectivity index (χ2n) is 2.01. The third-order valence-corrected chi connectivity index (χ3v) is 1.91. The van der Waals surface area contributed by atoms with E-state index in [4.69, 9.17) is 5.11 Å². The molecule has 0 aliphatic rings. The molecule has 0 unspecified atom stereocenters. The van der Waals surface area contributed by atoms with E-state index in [0.717, 1.165) is 10.9 Å². The molecule has 1 aromatic rings. The Balaban J connectivity index is 2.80. The van der Waals surface area contributed by atoms with Crippen molar-refractivity contribution in [3.05, 3.63) is 35.4 Å². The van der Waals surface area contributed by atoms with E-state index in [1.807, 2.05) is 18.2 Å². The molecule has 0 bridgehead atoms. The Morgan fingerprint density at radius 1 is 1.50 bits per heavy atom. The van der Waals surface area contributed by atoms with E-state index in [1.54, 1.807) is 0 Å². The highest BCUT2D eigenvalue weighted by Gasteiger charge is 1.90. The van der Waals surface area contributed by atoms with Crippen molar-refractivity contribution in [1.29, 1.82) is 0 Å². The first kappa shape index (κ1) is 7.76. The van der Waals surface area contributed by atoms with Gasteiger partial charge in [-0.05, 0) is 23.3 Å². The minimum absolute atomic E-state index is 0.0720.